The number of imide groups is 1. The molecule has 35 heavy (non-hydrogen) atoms. The standard InChI is InChI=1S/C28H26N2O5/c1-35-28(32)30-25-15-9-8-14-24(25)26(27(30)31)22(17-16-20-10-4-2-5-11-20)18-23(19-29(33)34)21-12-6-3-7-13-21/h2-15,23H,16-19H2,1H3/b26-22-/t23-/m0/s1. The molecule has 1 atom stereocenters. The summed E-state index contributed by atoms with van der Waals surface area (Å²) in [7, 11) is 1.23. The van der Waals surface area contributed by atoms with Crippen molar-refractivity contribution in [2.45, 2.75) is 25.2 Å². The van der Waals surface area contributed by atoms with Crippen molar-refractivity contribution in [1.29, 1.82) is 0 Å². The van der Waals surface area contributed by atoms with E-state index in [1.54, 1.807) is 18.2 Å². The molecule has 1 aliphatic rings. The summed E-state index contributed by atoms with van der Waals surface area (Å²) < 4.78 is 4.88. The van der Waals surface area contributed by atoms with Gasteiger partial charge in [0.15, 0.2) is 0 Å². The van der Waals surface area contributed by atoms with Crippen LogP contribution in [0.4, 0.5) is 10.5 Å². The van der Waals surface area contributed by atoms with Crippen molar-refractivity contribution < 1.29 is 19.2 Å². The fraction of sp³-hybridized carbons (Fsp3) is 0.214. The van der Waals surface area contributed by atoms with Gasteiger partial charge in [0.05, 0.1) is 18.7 Å². The molecule has 0 saturated carbocycles. The summed E-state index contributed by atoms with van der Waals surface area (Å²) in [5, 5.41) is 11.6. The van der Waals surface area contributed by atoms with Crippen LogP contribution in [0, 0.1) is 10.1 Å². The highest BCUT2D eigenvalue weighted by atomic mass is 16.6. The number of aryl methyl sites for hydroxylation is 1. The van der Waals surface area contributed by atoms with Gasteiger partial charge in [0.25, 0.3) is 5.91 Å². The smallest absolute Gasteiger partial charge is 0.421 e. The summed E-state index contributed by atoms with van der Waals surface area (Å²) >= 11 is 0. The second kappa shape index (κ2) is 10.8. The lowest BCUT2D eigenvalue weighted by Crippen LogP contribution is -2.33. The molecule has 0 N–H and O–H groups in total. The van der Waals surface area contributed by atoms with Gasteiger partial charge in [-0.2, -0.15) is 0 Å². The van der Waals surface area contributed by atoms with E-state index in [1.165, 1.54) is 7.11 Å². The molecule has 2 amide bonds. The summed E-state index contributed by atoms with van der Waals surface area (Å²) in [6.45, 7) is -0.261. The number of anilines is 1. The average Bonchev–Trinajstić information content (AvgIpc) is 3.18. The number of ether oxygens (including phenoxy) is 1. The first kappa shape index (κ1) is 23.9. The van der Waals surface area contributed by atoms with Crippen LogP contribution < -0.4 is 4.90 Å². The van der Waals surface area contributed by atoms with E-state index in [9.17, 15) is 19.7 Å². The minimum absolute atomic E-state index is 0.261. The molecule has 178 valence electrons. The summed E-state index contributed by atoms with van der Waals surface area (Å²) in [4.78, 5) is 38.4. The van der Waals surface area contributed by atoms with Crippen molar-refractivity contribution in [1.82, 2.24) is 0 Å². The Kier molecular flexibility index (Phi) is 7.35. The summed E-state index contributed by atoms with van der Waals surface area (Å²) in [5.41, 5.74) is 4.24. The van der Waals surface area contributed by atoms with Crippen LogP contribution in [0.3, 0.4) is 0 Å². The summed E-state index contributed by atoms with van der Waals surface area (Å²) in [6, 6.07) is 26.3. The van der Waals surface area contributed by atoms with E-state index in [-0.39, 0.29) is 11.5 Å². The molecule has 7 heteroatoms. The Morgan fingerprint density at radius 1 is 0.971 bits per heavy atom. The van der Waals surface area contributed by atoms with E-state index >= 15 is 0 Å². The van der Waals surface area contributed by atoms with Crippen LogP contribution >= 0.6 is 0 Å². The first-order valence-corrected chi connectivity index (χ1v) is 11.4. The maximum Gasteiger partial charge on any atom is 0.421 e. The fourth-order valence-corrected chi connectivity index (χ4v) is 4.59. The monoisotopic (exact) mass is 470 g/mol. The third-order valence-electron chi connectivity index (χ3n) is 6.23. The Hall–Kier alpha value is -4.26. The summed E-state index contributed by atoms with van der Waals surface area (Å²) in [6.07, 6.45) is 0.746. The first-order valence-electron chi connectivity index (χ1n) is 11.4. The first-order chi connectivity index (χ1) is 17.0. The fourth-order valence-electron chi connectivity index (χ4n) is 4.59. The predicted octanol–water partition coefficient (Wildman–Crippen LogP) is 5.64. The number of nitro groups is 1. The van der Waals surface area contributed by atoms with Gasteiger partial charge in [0, 0.05) is 16.1 Å². The molecule has 0 saturated heterocycles. The van der Waals surface area contributed by atoms with Crippen LogP contribution in [0.1, 0.15) is 35.4 Å². The third kappa shape index (κ3) is 5.30. The van der Waals surface area contributed by atoms with Gasteiger partial charge in [-0.3, -0.25) is 14.9 Å². The molecule has 0 bridgehead atoms. The Bertz CT molecular complexity index is 1250. The van der Waals surface area contributed by atoms with Gasteiger partial charge in [-0.15, -0.1) is 0 Å². The summed E-state index contributed by atoms with van der Waals surface area (Å²) in [5.74, 6) is -0.884. The van der Waals surface area contributed by atoms with Crippen LogP contribution in [-0.2, 0) is 16.0 Å². The minimum atomic E-state index is -0.759. The molecule has 4 rings (SSSR count). The maximum atomic E-state index is 13.6. The minimum Gasteiger partial charge on any atom is -0.452 e. The van der Waals surface area contributed by atoms with Crippen LogP contribution in [0.25, 0.3) is 5.57 Å². The van der Waals surface area contributed by atoms with Gasteiger partial charge >= 0.3 is 6.09 Å². The number of carbonyl (C=O) groups excluding carboxylic acids is 2. The number of fused-ring (bicyclic) bond motifs is 1. The maximum absolute atomic E-state index is 13.6. The van der Waals surface area contributed by atoms with Gasteiger partial charge in [0.1, 0.15) is 0 Å². The lowest BCUT2D eigenvalue weighted by Gasteiger charge is -2.18. The Morgan fingerprint density at radius 3 is 2.26 bits per heavy atom. The van der Waals surface area contributed by atoms with Gasteiger partial charge < -0.3 is 4.74 Å². The molecular weight excluding hydrogens is 444 g/mol. The quantitative estimate of drug-likeness (QED) is 0.242. The lowest BCUT2D eigenvalue weighted by atomic mass is 9.85. The highest BCUT2D eigenvalue weighted by Gasteiger charge is 2.39. The number of hydrogen-bond acceptors (Lipinski definition) is 5. The van der Waals surface area contributed by atoms with E-state index in [2.05, 4.69) is 0 Å². The van der Waals surface area contributed by atoms with E-state index in [4.69, 9.17) is 4.74 Å². The van der Waals surface area contributed by atoms with Crippen molar-refractivity contribution in [2.75, 3.05) is 18.6 Å². The Labute approximate surface area is 203 Å². The SMILES string of the molecule is COC(=O)N1C(=O)/C(=C(/CCc2ccccc2)C[C@@H](C[N+](=O)[O-])c2ccccc2)c2ccccc21. The van der Waals surface area contributed by atoms with E-state index < -0.39 is 17.9 Å². The van der Waals surface area contributed by atoms with Crippen molar-refractivity contribution in [3.8, 4) is 0 Å². The molecule has 0 radical (unpaired) electrons. The zero-order valence-corrected chi connectivity index (χ0v) is 19.4. The number of hydrogen-bond donors (Lipinski definition) is 0. The second-order valence-electron chi connectivity index (χ2n) is 8.42. The number of allylic oxidation sites excluding steroid dienone is 1. The predicted molar refractivity (Wildman–Crippen MR) is 134 cm³/mol. The van der Waals surface area contributed by atoms with E-state index in [0.29, 0.717) is 36.1 Å². The molecule has 0 fully saturated rings. The topological polar surface area (TPSA) is 89.8 Å². The van der Waals surface area contributed by atoms with Crippen molar-refractivity contribution >= 4 is 23.3 Å². The second-order valence-corrected chi connectivity index (χ2v) is 8.42. The largest absolute Gasteiger partial charge is 0.452 e. The highest BCUT2D eigenvalue weighted by molar-refractivity contribution is 6.39. The van der Waals surface area contributed by atoms with E-state index in [1.807, 2.05) is 66.7 Å². The number of carbonyl (C=O) groups is 2. The van der Waals surface area contributed by atoms with Crippen LogP contribution in [0.5, 0.6) is 0 Å². The number of rotatable bonds is 8. The molecule has 0 unspecified atom stereocenters. The number of amides is 2. The number of para-hydroxylation sites is 1. The average molecular weight is 471 g/mol. The molecular formula is C28H26N2O5. The van der Waals surface area contributed by atoms with Gasteiger partial charge in [-0.05, 0) is 36.5 Å². The molecule has 1 aliphatic heterocycles. The normalized spacial score (nSPS) is 14.9. The molecule has 0 aromatic heterocycles. The number of methoxy groups -OCH3 is 1. The Morgan fingerprint density at radius 2 is 1.60 bits per heavy atom. The molecule has 3 aromatic carbocycles. The van der Waals surface area contributed by atoms with Gasteiger partial charge in [0.2, 0.25) is 6.54 Å². The molecule has 1 heterocycles. The zero-order chi connectivity index (χ0) is 24.8. The van der Waals surface area contributed by atoms with Crippen LogP contribution in [0.2, 0.25) is 0 Å². The zero-order valence-electron chi connectivity index (χ0n) is 19.4. The van der Waals surface area contributed by atoms with Crippen molar-refractivity contribution in [3.63, 3.8) is 0 Å². The van der Waals surface area contributed by atoms with Crippen molar-refractivity contribution in [3.05, 3.63) is 117 Å². The number of benzene rings is 3. The van der Waals surface area contributed by atoms with Crippen LogP contribution in [0.15, 0.2) is 90.5 Å². The number of nitrogens with zero attached hydrogens (tertiary/aromatic N) is 2. The third-order valence-corrected chi connectivity index (χ3v) is 6.23. The van der Waals surface area contributed by atoms with E-state index in [0.717, 1.165) is 21.6 Å². The lowest BCUT2D eigenvalue weighted by molar-refractivity contribution is -0.483. The molecule has 3 aromatic rings. The van der Waals surface area contributed by atoms with Crippen LogP contribution in [-0.4, -0.2) is 30.6 Å². The Balaban J connectivity index is 1.81. The molecule has 0 aliphatic carbocycles. The van der Waals surface area contributed by atoms with Crippen molar-refractivity contribution in [2.24, 2.45) is 0 Å². The molecule has 7 nitrogen and oxygen atoms in total. The van der Waals surface area contributed by atoms with Gasteiger partial charge in [-0.25, -0.2) is 9.69 Å². The van der Waals surface area contributed by atoms with Gasteiger partial charge in [-0.1, -0.05) is 84.4 Å². The highest BCUT2D eigenvalue weighted by Crippen LogP contribution is 2.42. The molecule has 0 spiro atoms.